The Morgan fingerprint density at radius 3 is 2.88 bits per heavy atom. The van der Waals surface area contributed by atoms with Crippen LogP contribution in [-0.2, 0) is 11.3 Å². The molecule has 0 amide bonds. The van der Waals surface area contributed by atoms with Gasteiger partial charge < -0.3 is 4.74 Å². The lowest BCUT2D eigenvalue weighted by molar-refractivity contribution is 0.0535. The Hall–Kier alpha value is -2.34. The van der Waals surface area contributed by atoms with E-state index in [4.69, 9.17) is 10.00 Å². The molecule has 0 fully saturated rings. The average molecular weight is 209 g/mol. The summed E-state index contributed by atoms with van der Waals surface area (Å²) in [6, 6.07) is 11.3. The maximum atomic E-state index is 11.4. The molecule has 3 nitrogen and oxygen atoms in total. The van der Waals surface area contributed by atoms with Crippen LogP contribution in [0.5, 0.6) is 0 Å². The first-order chi connectivity index (χ1) is 7.78. The summed E-state index contributed by atoms with van der Waals surface area (Å²) in [6.45, 7) is 0.351. The lowest BCUT2D eigenvalue weighted by Gasteiger charge is -2.00. The van der Waals surface area contributed by atoms with Gasteiger partial charge in [-0.1, -0.05) is 6.07 Å². The molecule has 1 aliphatic heterocycles. The summed E-state index contributed by atoms with van der Waals surface area (Å²) in [4.78, 5) is 11.4. The van der Waals surface area contributed by atoms with E-state index in [0.29, 0.717) is 17.7 Å². The fraction of sp³-hybridized carbons (Fsp3) is 0.0769. The van der Waals surface area contributed by atoms with Gasteiger partial charge >= 0.3 is 5.97 Å². The standard InChI is InChI=1S/C13H7NO2/c14-6-8-1-2-9-4-11-7-16-13(15)12(11)5-10(9)3-8/h1-5H,7H2. The Balaban J connectivity index is 2.32. The summed E-state index contributed by atoms with van der Waals surface area (Å²) in [5.74, 6) is -0.278. The zero-order valence-electron chi connectivity index (χ0n) is 8.36. The fourth-order valence-electron chi connectivity index (χ4n) is 1.94. The van der Waals surface area contributed by atoms with Crippen LogP contribution in [0.1, 0.15) is 21.5 Å². The van der Waals surface area contributed by atoms with Crippen LogP contribution in [0.2, 0.25) is 0 Å². The first-order valence-corrected chi connectivity index (χ1v) is 4.92. The number of nitrogens with zero attached hydrogens (tertiary/aromatic N) is 1. The van der Waals surface area contributed by atoms with Crippen molar-refractivity contribution in [1.29, 1.82) is 5.26 Å². The van der Waals surface area contributed by atoms with Gasteiger partial charge in [0.25, 0.3) is 0 Å². The van der Waals surface area contributed by atoms with Crippen molar-refractivity contribution in [3.8, 4) is 6.07 Å². The molecule has 0 saturated carbocycles. The van der Waals surface area contributed by atoms with Gasteiger partial charge in [-0.3, -0.25) is 0 Å². The van der Waals surface area contributed by atoms with Crippen LogP contribution < -0.4 is 0 Å². The van der Waals surface area contributed by atoms with Gasteiger partial charge in [0.1, 0.15) is 6.61 Å². The largest absolute Gasteiger partial charge is 0.457 e. The molecule has 2 aromatic rings. The van der Waals surface area contributed by atoms with Crippen molar-refractivity contribution in [3.05, 3.63) is 47.0 Å². The predicted octanol–water partition coefficient (Wildman–Crippen LogP) is 2.38. The molecule has 0 radical (unpaired) electrons. The Labute approximate surface area is 91.9 Å². The normalized spacial score (nSPS) is 13.3. The van der Waals surface area contributed by atoms with E-state index in [1.54, 1.807) is 18.2 Å². The first kappa shape index (κ1) is 8.93. The zero-order chi connectivity index (χ0) is 11.1. The number of carbonyl (C=O) groups excluding carboxylic acids is 1. The molecule has 3 rings (SSSR count). The van der Waals surface area contributed by atoms with Gasteiger partial charge in [-0.2, -0.15) is 5.26 Å². The van der Waals surface area contributed by atoms with Crippen LogP contribution in [0.3, 0.4) is 0 Å². The van der Waals surface area contributed by atoms with Crippen molar-refractivity contribution in [1.82, 2.24) is 0 Å². The molecule has 1 aliphatic rings. The number of rotatable bonds is 0. The van der Waals surface area contributed by atoms with Crippen LogP contribution in [0.4, 0.5) is 0 Å². The van der Waals surface area contributed by atoms with Gasteiger partial charge in [-0.25, -0.2) is 4.79 Å². The van der Waals surface area contributed by atoms with Crippen LogP contribution >= 0.6 is 0 Å². The number of carbonyl (C=O) groups is 1. The number of hydrogen-bond donors (Lipinski definition) is 0. The maximum Gasteiger partial charge on any atom is 0.338 e. The van der Waals surface area contributed by atoms with Crippen molar-refractivity contribution < 1.29 is 9.53 Å². The van der Waals surface area contributed by atoms with E-state index in [1.165, 1.54) is 0 Å². The molecular weight excluding hydrogens is 202 g/mol. The summed E-state index contributed by atoms with van der Waals surface area (Å²) in [7, 11) is 0. The second kappa shape index (κ2) is 3.07. The lowest BCUT2D eigenvalue weighted by atomic mass is 10.0. The van der Waals surface area contributed by atoms with Gasteiger partial charge in [0, 0.05) is 5.56 Å². The van der Waals surface area contributed by atoms with E-state index in [9.17, 15) is 4.79 Å². The molecule has 0 atom stereocenters. The third-order valence-corrected chi connectivity index (χ3v) is 2.77. The minimum Gasteiger partial charge on any atom is -0.457 e. The SMILES string of the molecule is N#Cc1ccc2cc3c(cc2c1)C(=O)OC3. The van der Waals surface area contributed by atoms with E-state index in [0.717, 1.165) is 16.3 Å². The summed E-state index contributed by atoms with van der Waals surface area (Å²) >= 11 is 0. The Morgan fingerprint density at radius 2 is 2.06 bits per heavy atom. The average Bonchev–Trinajstić information content (AvgIpc) is 2.67. The highest BCUT2D eigenvalue weighted by Gasteiger charge is 2.21. The highest BCUT2D eigenvalue weighted by atomic mass is 16.5. The van der Waals surface area contributed by atoms with E-state index < -0.39 is 0 Å². The monoisotopic (exact) mass is 209 g/mol. The molecule has 16 heavy (non-hydrogen) atoms. The molecule has 76 valence electrons. The van der Waals surface area contributed by atoms with Crippen LogP contribution in [-0.4, -0.2) is 5.97 Å². The molecule has 0 spiro atoms. The molecule has 0 saturated heterocycles. The van der Waals surface area contributed by atoms with Crippen molar-refractivity contribution >= 4 is 16.7 Å². The van der Waals surface area contributed by atoms with Crippen LogP contribution in [0.25, 0.3) is 10.8 Å². The molecule has 0 bridgehead atoms. The minimum atomic E-state index is -0.278. The number of benzene rings is 2. The highest BCUT2D eigenvalue weighted by molar-refractivity contribution is 5.99. The molecule has 0 unspecified atom stereocenters. The molecule has 2 aromatic carbocycles. The van der Waals surface area contributed by atoms with Gasteiger partial charge in [-0.15, -0.1) is 0 Å². The number of hydrogen-bond acceptors (Lipinski definition) is 3. The summed E-state index contributed by atoms with van der Waals surface area (Å²) < 4.78 is 4.95. The highest BCUT2D eigenvalue weighted by Crippen LogP contribution is 2.26. The fourth-order valence-corrected chi connectivity index (χ4v) is 1.94. The van der Waals surface area contributed by atoms with Crippen LogP contribution in [0, 0.1) is 11.3 Å². The van der Waals surface area contributed by atoms with E-state index in [-0.39, 0.29) is 5.97 Å². The van der Waals surface area contributed by atoms with Gasteiger partial charge in [0.05, 0.1) is 17.2 Å². The summed E-state index contributed by atoms with van der Waals surface area (Å²) in [5.41, 5.74) is 2.13. The van der Waals surface area contributed by atoms with Crippen molar-refractivity contribution in [2.45, 2.75) is 6.61 Å². The topological polar surface area (TPSA) is 50.1 Å². The summed E-state index contributed by atoms with van der Waals surface area (Å²) in [5, 5.41) is 10.7. The number of nitriles is 1. The van der Waals surface area contributed by atoms with Crippen LogP contribution in [0.15, 0.2) is 30.3 Å². The maximum absolute atomic E-state index is 11.4. The third-order valence-electron chi connectivity index (χ3n) is 2.77. The molecule has 1 heterocycles. The molecule has 3 heteroatoms. The number of ether oxygens (including phenoxy) is 1. The molecule has 0 aromatic heterocycles. The van der Waals surface area contributed by atoms with Gasteiger partial charge in [0.15, 0.2) is 0 Å². The zero-order valence-corrected chi connectivity index (χ0v) is 8.36. The first-order valence-electron chi connectivity index (χ1n) is 4.92. The van der Waals surface area contributed by atoms with E-state index in [1.807, 2.05) is 12.1 Å². The minimum absolute atomic E-state index is 0.278. The van der Waals surface area contributed by atoms with E-state index in [2.05, 4.69) is 6.07 Å². The molecule has 0 aliphatic carbocycles. The predicted molar refractivity (Wildman–Crippen MR) is 57.8 cm³/mol. The second-order valence-electron chi connectivity index (χ2n) is 3.76. The Kier molecular flexibility index (Phi) is 1.72. The quantitative estimate of drug-likeness (QED) is 0.626. The van der Waals surface area contributed by atoms with Crippen molar-refractivity contribution in [2.24, 2.45) is 0 Å². The summed E-state index contributed by atoms with van der Waals surface area (Å²) in [6.07, 6.45) is 0. The molecule has 0 N–H and O–H groups in total. The Bertz CT molecular complexity index is 653. The smallest absolute Gasteiger partial charge is 0.338 e. The third kappa shape index (κ3) is 1.17. The van der Waals surface area contributed by atoms with Crippen molar-refractivity contribution in [3.63, 3.8) is 0 Å². The van der Waals surface area contributed by atoms with Gasteiger partial charge in [0.2, 0.25) is 0 Å². The number of cyclic esters (lactones) is 1. The number of esters is 1. The Morgan fingerprint density at radius 1 is 1.19 bits per heavy atom. The lowest BCUT2D eigenvalue weighted by Crippen LogP contribution is -1.93. The van der Waals surface area contributed by atoms with Gasteiger partial charge in [-0.05, 0) is 35.0 Å². The second-order valence-corrected chi connectivity index (χ2v) is 3.76. The molecular formula is C13H7NO2. The van der Waals surface area contributed by atoms with Crippen molar-refractivity contribution in [2.75, 3.05) is 0 Å². The number of fused-ring (bicyclic) bond motifs is 2. The van der Waals surface area contributed by atoms with E-state index >= 15 is 0 Å².